The molecular weight excluding hydrogens is 156 g/mol. The van der Waals surface area contributed by atoms with Gasteiger partial charge in [0.15, 0.2) is 0 Å². The fraction of sp³-hybridized carbons (Fsp3) is 0.750. The lowest BCUT2D eigenvalue weighted by Gasteiger charge is -2.11. The van der Waals surface area contributed by atoms with Crippen LogP contribution in [-0.4, -0.2) is 34.8 Å². The van der Waals surface area contributed by atoms with E-state index in [1.165, 1.54) is 0 Å². The summed E-state index contributed by atoms with van der Waals surface area (Å²) in [5.41, 5.74) is 0.859. The van der Waals surface area contributed by atoms with Crippen LogP contribution >= 0.6 is 0 Å². The second-order valence-corrected chi connectivity index (χ2v) is 3.70. The van der Waals surface area contributed by atoms with Crippen molar-refractivity contribution in [3.8, 4) is 0 Å². The lowest BCUT2D eigenvalue weighted by Crippen LogP contribution is -2.26. The van der Waals surface area contributed by atoms with Crippen LogP contribution in [-0.2, 0) is 4.79 Å². The Morgan fingerprint density at radius 3 is 2.67 bits per heavy atom. The van der Waals surface area contributed by atoms with E-state index in [0.29, 0.717) is 6.54 Å². The van der Waals surface area contributed by atoms with Gasteiger partial charge >= 0.3 is 0 Å². The van der Waals surface area contributed by atoms with Crippen molar-refractivity contribution in [3.63, 3.8) is 0 Å². The molecule has 0 aromatic rings. The Morgan fingerprint density at radius 1 is 1.67 bits per heavy atom. The van der Waals surface area contributed by atoms with Gasteiger partial charge < -0.3 is 10.1 Å². The summed E-state index contributed by atoms with van der Waals surface area (Å²) in [6, 6.07) is 0. The quantitative estimate of drug-likeness (QED) is 0.422. The van der Waals surface area contributed by atoms with Gasteiger partial charge in [-0.2, -0.15) is 0 Å². The second-order valence-electron chi connectivity index (χ2n) is 3.70. The van der Waals surface area contributed by atoms with Crippen molar-refractivity contribution in [1.29, 1.82) is 0 Å². The summed E-state index contributed by atoms with van der Waals surface area (Å²) in [7, 11) is 0. The van der Waals surface area contributed by atoms with E-state index in [1.54, 1.807) is 11.8 Å². The number of carbonyl (C=O) groups excluding carboxylic acids is 1. The maximum atomic E-state index is 11.0. The zero-order valence-corrected chi connectivity index (χ0v) is 7.08. The topological polar surface area (TPSA) is 52.9 Å². The summed E-state index contributed by atoms with van der Waals surface area (Å²) in [6.45, 7) is 2.82. The first-order valence-corrected chi connectivity index (χ1v) is 4.15. The molecule has 1 aliphatic heterocycles. The Kier molecular flexibility index (Phi) is 1.40. The fourth-order valence-corrected chi connectivity index (χ4v) is 1.82. The largest absolute Gasteiger partial charge is 0.411 e. The van der Waals surface area contributed by atoms with Crippen molar-refractivity contribution in [1.82, 2.24) is 4.90 Å². The minimum absolute atomic E-state index is 0.0694. The van der Waals surface area contributed by atoms with Crippen LogP contribution < -0.4 is 0 Å². The zero-order valence-electron chi connectivity index (χ0n) is 7.08. The molecule has 1 spiro atoms. The van der Waals surface area contributed by atoms with E-state index in [0.717, 1.165) is 25.1 Å². The molecule has 1 saturated carbocycles. The highest BCUT2D eigenvalue weighted by atomic mass is 16.4. The fourth-order valence-electron chi connectivity index (χ4n) is 1.82. The van der Waals surface area contributed by atoms with Gasteiger partial charge in [-0.15, -0.1) is 0 Å². The summed E-state index contributed by atoms with van der Waals surface area (Å²) in [6.07, 6.45) is 2.13. The normalized spacial score (nSPS) is 28.4. The summed E-state index contributed by atoms with van der Waals surface area (Å²) in [4.78, 5) is 12.8. The molecule has 0 aromatic heterocycles. The highest BCUT2D eigenvalue weighted by Crippen LogP contribution is 2.50. The van der Waals surface area contributed by atoms with Crippen LogP contribution in [0.2, 0.25) is 0 Å². The van der Waals surface area contributed by atoms with E-state index in [1.807, 2.05) is 0 Å². The molecule has 1 saturated heterocycles. The van der Waals surface area contributed by atoms with E-state index in [-0.39, 0.29) is 11.3 Å². The van der Waals surface area contributed by atoms with Gasteiger partial charge in [-0.05, 0) is 12.8 Å². The van der Waals surface area contributed by atoms with Crippen LogP contribution in [0.5, 0.6) is 0 Å². The maximum Gasteiger partial charge on any atom is 0.219 e. The number of rotatable bonds is 0. The standard InChI is InChI=1S/C8H12N2O2/c1-6(11)10-4-7(9-12)8(5-10)2-3-8/h12H,2-5H2,1H3. The first-order chi connectivity index (χ1) is 5.68. The first kappa shape index (κ1) is 7.58. The summed E-state index contributed by atoms with van der Waals surface area (Å²) < 4.78 is 0. The Bertz CT molecular complexity index is 256. The summed E-state index contributed by atoms with van der Waals surface area (Å²) in [5, 5.41) is 11.9. The number of hydrogen-bond donors (Lipinski definition) is 1. The van der Waals surface area contributed by atoms with Crippen molar-refractivity contribution >= 4 is 11.6 Å². The molecule has 12 heavy (non-hydrogen) atoms. The molecule has 2 aliphatic rings. The van der Waals surface area contributed by atoms with Crippen LogP contribution in [0, 0.1) is 5.41 Å². The molecular formula is C8H12N2O2. The molecule has 1 N–H and O–H groups in total. The van der Waals surface area contributed by atoms with Gasteiger partial charge in [-0.25, -0.2) is 0 Å². The smallest absolute Gasteiger partial charge is 0.219 e. The summed E-state index contributed by atoms with van der Waals surface area (Å²) in [5.74, 6) is 0.0694. The SMILES string of the molecule is CC(=O)N1CC(=NO)C2(CC2)C1. The van der Waals surface area contributed by atoms with Crippen molar-refractivity contribution in [2.75, 3.05) is 13.1 Å². The highest BCUT2D eigenvalue weighted by molar-refractivity contribution is 5.99. The van der Waals surface area contributed by atoms with Crippen molar-refractivity contribution < 1.29 is 10.0 Å². The maximum absolute atomic E-state index is 11.0. The van der Waals surface area contributed by atoms with Gasteiger partial charge in [0.05, 0.1) is 12.3 Å². The van der Waals surface area contributed by atoms with Crippen LogP contribution in [0.1, 0.15) is 19.8 Å². The highest BCUT2D eigenvalue weighted by Gasteiger charge is 2.54. The lowest BCUT2D eigenvalue weighted by molar-refractivity contribution is -0.127. The molecule has 0 radical (unpaired) electrons. The minimum atomic E-state index is 0.0694. The Balaban J connectivity index is 2.17. The van der Waals surface area contributed by atoms with Gasteiger partial charge in [0.1, 0.15) is 0 Å². The zero-order chi connectivity index (χ0) is 8.77. The molecule has 4 nitrogen and oxygen atoms in total. The predicted molar refractivity (Wildman–Crippen MR) is 43.1 cm³/mol. The predicted octanol–water partition coefficient (Wildman–Crippen LogP) is 0.459. The molecule has 4 heteroatoms. The molecule has 2 rings (SSSR count). The Morgan fingerprint density at radius 2 is 2.33 bits per heavy atom. The van der Waals surface area contributed by atoms with Gasteiger partial charge in [-0.1, -0.05) is 5.16 Å². The van der Waals surface area contributed by atoms with Crippen LogP contribution in [0.3, 0.4) is 0 Å². The van der Waals surface area contributed by atoms with Gasteiger partial charge in [-0.3, -0.25) is 4.79 Å². The molecule has 0 bridgehead atoms. The van der Waals surface area contributed by atoms with Gasteiger partial charge in [0, 0.05) is 18.9 Å². The third-order valence-corrected chi connectivity index (χ3v) is 2.87. The van der Waals surface area contributed by atoms with E-state index in [9.17, 15) is 4.79 Å². The first-order valence-electron chi connectivity index (χ1n) is 4.15. The number of amides is 1. The van der Waals surface area contributed by atoms with E-state index in [4.69, 9.17) is 5.21 Å². The number of oxime groups is 1. The average molecular weight is 168 g/mol. The third kappa shape index (κ3) is 0.906. The Hall–Kier alpha value is -1.06. The van der Waals surface area contributed by atoms with E-state index < -0.39 is 0 Å². The van der Waals surface area contributed by atoms with Gasteiger partial charge in [0.25, 0.3) is 0 Å². The van der Waals surface area contributed by atoms with Crippen molar-refractivity contribution in [2.45, 2.75) is 19.8 Å². The molecule has 0 unspecified atom stereocenters. The van der Waals surface area contributed by atoms with E-state index >= 15 is 0 Å². The van der Waals surface area contributed by atoms with Crippen LogP contribution in [0.15, 0.2) is 5.16 Å². The number of likely N-dealkylation sites (tertiary alicyclic amines) is 1. The van der Waals surface area contributed by atoms with Crippen molar-refractivity contribution in [3.05, 3.63) is 0 Å². The molecule has 1 amide bonds. The molecule has 2 fully saturated rings. The number of hydrogen-bond acceptors (Lipinski definition) is 3. The van der Waals surface area contributed by atoms with E-state index in [2.05, 4.69) is 5.16 Å². The van der Waals surface area contributed by atoms with Gasteiger partial charge in [0.2, 0.25) is 5.91 Å². The number of nitrogens with zero attached hydrogens (tertiary/aromatic N) is 2. The summed E-state index contributed by atoms with van der Waals surface area (Å²) >= 11 is 0. The molecule has 0 aromatic carbocycles. The minimum Gasteiger partial charge on any atom is -0.411 e. The second kappa shape index (κ2) is 2.21. The van der Waals surface area contributed by atoms with Crippen LogP contribution in [0.25, 0.3) is 0 Å². The molecule has 0 atom stereocenters. The molecule has 66 valence electrons. The number of carbonyl (C=O) groups is 1. The lowest BCUT2D eigenvalue weighted by atomic mass is 10.1. The average Bonchev–Trinajstić information content (AvgIpc) is 2.64. The monoisotopic (exact) mass is 168 g/mol. The van der Waals surface area contributed by atoms with Crippen LogP contribution in [0.4, 0.5) is 0 Å². The molecule has 1 aliphatic carbocycles. The third-order valence-electron chi connectivity index (χ3n) is 2.87. The van der Waals surface area contributed by atoms with Crippen molar-refractivity contribution in [2.24, 2.45) is 10.6 Å². The molecule has 1 heterocycles. The Labute approximate surface area is 70.8 Å².